The molecule has 0 fully saturated rings. The lowest BCUT2D eigenvalue weighted by Crippen LogP contribution is -1.98. The highest BCUT2D eigenvalue weighted by atomic mass is 15.1. The van der Waals surface area contributed by atoms with Gasteiger partial charge in [-0.1, -0.05) is 6.07 Å². The number of aryl methyl sites for hydroxylation is 1. The van der Waals surface area contributed by atoms with Crippen LogP contribution in [-0.2, 0) is 6.54 Å². The fourth-order valence-corrected chi connectivity index (χ4v) is 1.15. The van der Waals surface area contributed by atoms with Crippen molar-refractivity contribution in [2.45, 2.75) is 13.5 Å². The predicted octanol–water partition coefficient (Wildman–Crippen LogP) is 1.73. The van der Waals surface area contributed by atoms with Crippen LogP contribution >= 0.6 is 0 Å². The zero-order valence-electron chi connectivity index (χ0n) is 7.99. The molecule has 2 rings (SSSR count). The van der Waals surface area contributed by atoms with E-state index in [4.69, 9.17) is 0 Å². The maximum Gasteiger partial charge on any atom is 0.0726 e. The molecule has 2 aromatic heterocycles. The largest absolute Gasteiger partial charge is 0.378 e. The van der Waals surface area contributed by atoms with Crippen LogP contribution in [0.4, 0.5) is 5.69 Å². The molecule has 0 amide bonds. The Balaban J connectivity index is 1.95. The fraction of sp³-hybridized carbons (Fsp3) is 0.200. The van der Waals surface area contributed by atoms with Crippen molar-refractivity contribution in [3.8, 4) is 0 Å². The topological polar surface area (TPSA) is 53.6 Å². The lowest BCUT2D eigenvalue weighted by molar-refractivity contribution is 1.09. The lowest BCUT2D eigenvalue weighted by Gasteiger charge is -2.02. The number of nitrogens with zero attached hydrogens (tertiary/aromatic N) is 2. The van der Waals surface area contributed by atoms with Gasteiger partial charge in [0.2, 0.25) is 0 Å². The standard InChI is InChI=1S/C10H12N4/c1-8-2-3-9(4-11-8)5-12-10-6-13-14-7-10/h2-4,6-7,12H,5H2,1H3,(H,13,14). The number of anilines is 1. The molecule has 0 spiro atoms. The molecule has 2 heterocycles. The summed E-state index contributed by atoms with van der Waals surface area (Å²) in [7, 11) is 0. The first-order valence-corrected chi connectivity index (χ1v) is 4.49. The molecule has 4 heteroatoms. The van der Waals surface area contributed by atoms with Crippen LogP contribution in [0.2, 0.25) is 0 Å². The van der Waals surface area contributed by atoms with Gasteiger partial charge >= 0.3 is 0 Å². The summed E-state index contributed by atoms with van der Waals surface area (Å²) in [5, 5.41) is 9.82. The van der Waals surface area contributed by atoms with E-state index in [-0.39, 0.29) is 0 Å². The monoisotopic (exact) mass is 188 g/mol. The Kier molecular flexibility index (Phi) is 2.44. The van der Waals surface area contributed by atoms with Gasteiger partial charge in [0.25, 0.3) is 0 Å². The summed E-state index contributed by atoms with van der Waals surface area (Å²) in [6.45, 7) is 2.75. The molecule has 72 valence electrons. The Morgan fingerprint density at radius 2 is 2.29 bits per heavy atom. The number of hydrogen-bond donors (Lipinski definition) is 2. The van der Waals surface area contributed by atoms with Crippen LogP contribution in [0.5, 0.6) is 0 Å². The average Bonchev–Trinajstić information content (AvgIpc) is 2.70. The van der Waals surface area contributed by atoms with E-state index < -0.39 is 0 Å². The van der Waals surface area contributed by atoms with Gasteiger partial charge < -0.3 is 5.32 Å². The Morgan fingerprint density at radius 1 is 1.36 bits per heavy atom. The molecule has 0 radical (unpaired) electrons. The third-order valence-corrected chi connectivity index (χ3v) is 1.97. The minimum atomic E-state index is 0.771. The van der Waals surface area contributed by atoms with Crippen molar-refractivity contribution in [2.75, 3.05) is 5.32 Å². The van der Waals surface area contributed by atoms with Gasteiger partial charge in [-0.05, 0) is 18.6 Å². The third kappa shape index (κ3) is 2.10. The molecule has 0 aliphatic carbocycles. The van der Waals surface area contributed by atoms with Gasteiger partial charge in [0.05, 0.1) is 11.9 Å². The maximum atomic E-state index is 4.22. The van der Waals surface area contributed by atoms with Crippen molar-refractivity contribution in [1.82, 2.24) is 15.2 Å². The van der Waals surface area contributed by atoms with E-state index in [0.717, 1.165) is 23.5 Å². The second kappa shape index (κ2) is 3.91. The smallest absolute Gasteiger partial charge is 0.0726 e. The van der Waals surface area contributed by atoms with Gasteiger partial charge in [0.1, 0.15) is 0 Å². The van der Waals surface area contributed by atoms with Crippen LogP contribution in [0.3, 0.4) is 0 Å². The van der Waals surface area contributed by atoms with Crippen molar-refractivity contribution in [2.24, 2.45) is 0 Å². The van der Waals surface area contributed by atoms with E-state index in [1.807, 2.05) is 25.4 Å². The number of aromatic nitrogens is 3. The molecule has 0 bridgehead atoms. The molecule has 0 aromatic carbocycles. The number of rotatable bonds is 3. The summed E-state index contributed by atoms with van der Waals surface area (Å²) in [6.07, 6.45) is 5.45. The highest BCUT2D eigenvalue weighted by Gasteiger charge is 1.94. The molecule has 4 nitrogen and oxygen atoms in total. The van der Waals surface area contributed by atoms with Crippen molar-refractivity contribution < 1.29 is 0 Å². The first-order chi connectivity index (χ1) is 6.84. The van der Waals surface area contributed by atoms with E-state index >= 15 is 0 Å². The third-order valence-electron chi connectivity index (χ3n) is 1.97. The van der Waals surface area contributed by atoms with Gasteiger partial charge in [-0.3, -0.25) is 10.1 Å². The highest BCUT2D eigenvalue weighted by Crippen LogP contribution is 2.05. The van der Waals surface area contributed by atoms with Gasteiger partial charge in [-0.2, -0.15) is 5.10 Å². The van der Waals surface area contributed by atoms with Crippen molar-refractivity contribution in [3.05, 3.63) is 42.0 Å². The van der Waals surface area contributed by atoms with Crippen LogP contribution in [-0.4, -0.2) is 15.2 Å². The molecular weight excluding hydrogens is 176 g/mol. The molecule has 0 unspecified atom stereocenters. The quantitative estimate of drug-likeness (QED) is 0.771. The van der Waals surface area contributed by atoms with Gasteiger partial charge in [-0.25, -0.2) is 0 Å². The molecule has 2 N–H and O–H groups in total. The molecule has 2 aromatic rings. The summed E-state index contributed by atoms with van der Waals surface area (Å²) >= 11 is 0. The molecule has 0 aliphatic rings. The molecule has 0 atom stereocenters. The number of hydrogen-bond acceptors (Lipinski definition) is 3. The molecule has 14 heavy (non-hydrogen) atoms. The summed E-state index contributed by atoms with van der Waals surface area (Å²) in [4.78, 5) is 4.22. The lowest BCUT2D eigenvalue weighted by atomic mass is 10.2. The highest BCUT2D eigenvalue weighted by molar-refractivity contribution is 5.38. The first-order valence-electron chi connectivity index (χ1n) is 4.49. The summed E-state index contributed by atoms with van der Waals surface area (Å²) in [5.41, 5.74) is 3.19. The first kappa shape index (κ1) is 8.74. The van der Waals surface area contributed by atoms with Crippen molar-refractivity contribution >= 4 is 5.69 Å². The molecule has 0 saturated carbocycles. The van der Waals surface area contributed by atoms with Gasteiger partial charge in [0.15, 0.2) is 0 Å². The van der Waals surface area contributed by atoms with Crippen LogP contribution in [0.1, 0.15) is 11.3 Å². The number of H-pyrrole nitrogens is 1. The van der Waals surface area contributed by atoms with Crippen LogP contribution in [0, 0.1) is 6.92 Å². The van der Waals surface area contributed by atoms with E-state index in [1.54, 1.807) is 6.20 Å². The van der Waals surface area contributed by atoms with E-state index in [1.165, 1.54) is 0 Å². The van der Waals surface area contributed by atoms with Crippen molar-refractivity contribution in [3.63, 3.8) is 0 Å². The molecular formula is C10H12N4. The molecule has 0 saturated heterocycles. The Morgan fingerprint density at radius 3 is 2.93 bits per heavy atom. The van der Waals surface area contributed by atoms with E-state index in [0.29, 0.717) is 0 Å². The maximum absolute atomic E-state index is 4.22. The predicted molar refractivity (Wildman–Crippen MR) is 54.9 cm³/mol. The average molecular weight is 188 g/mol. The Hall–Kier alpha value is -1.84. The fourth-order valence-electron chi connectivity index (χ4n) is 1.15. The van der Waals surface area contributed by atoms with Gasteiger partial charge in [0, 0.05) is 24.6 Å². The second-order valence-corrected chi connectivity index (χ2v) is 3.15. The number of pyridine rings is 1. The van der Waals surface area contributed by atoms with Crippen molar-refractivity contribution in [1.29, 1.82) is 0 Å². The minimum absolute atomic E-state index is 0.771. The number of aromatic amines is 1. The summed E-state index contributed by atoms with van der Waals surface area (Å²) in [5.74, 6) is 0. The number of nitrogens with one attached hydrogen (secondary N) is 2. The van der Waals surface area contributed by atoms with Crippen LogP contribution < -0.4 is 5.32 Å². The summed E-state index contributed by atoms with van der Waals surface area (Å²) in [6, 6.07) is 4.07. The molecule has 0 aliphatic heterocycles. The Labute approximate surface area is 82.4 Å². The Bertz CT molecular complexity index is 377. The minimum Gasteiger partial charge on any atom is -0.378 e. The van der Waals surface area contributed by atoms with Crippen LogP contribution in [0.15, 0.2) is 30.7 Å². The normalized spacial score (nSPS) is 10.1. The second-order valence-electron chi connectivity index (χ2n) is 3.15. The SMILES string of the molecule is Cc1ccc(CNc2cn[nH]c2)cn1. The zero-order chi connectivity index (χ0) is 9.80. The summed E-state index contributed by atoms with van der Waals surface area (Å²) < 4.78 is 0. The van der Waals surface area contributed by atoms with E-state index in [9.17, 15) is 0 Å². The zero-order valence-corrected chi connectivity index (χ0v) is 7.99. The van der Waals surface area contributed by atoms with Crippen LogP contribution in [0.25, 0.3) is 0 Å². The van der Waals surface area contributed by atoms with E-state index in [2.05, 4.69) is 26.6 Å². The van der Waals surface area contributed by atoms with Gasteiger partial charge in [-0.15, -0.1) is 0 Å².